The molecule has 1 saturated heterocycles. The van der Waals surface area contributed by atoms with Crippen LogP contribution in [0.3, 0.4) is 0 Å². The molecule has 1 aromatic heterocycles. The van der Waals surface area contributed by atoms with Crippen molar-refractivity contribution in [3.8, 4) is 11.4 Å². The average molecular weight is 313 g/mol. The van der Waals surface area contributed by atoms with Gasteiger partial charge < -0.3 is 10.2 Å². The summed E-state index contributed by atoms with van der Waals surface area (Å²) < 4.78 is 0. The number of likely N-dealkylation sites (tertiary alicyclic amines) is 1. The summed E-state index contributed by atoms with van der Waals surface area (Å²) in [5.41, 5.74) is 1.49. The number of benzene rings is 1. The van der Waals surface area contributed by atoms with Crippen molar-refractivity contribution in [1.82, 2.24) is 20.1 Å². The quantitative estimate of drug-likeness (QED) is 0.899. The van der Waals surface area contributed by atoms with E-state index in [0.29, 0.717) is 24.5 Å². The van der Waals surface area contributed by atoms with E-state index in [4.69, 9.17) is 0 Å². The molecular weight excluding hydrogens is 294 g/mol. The van der Waals surface area contributed by atoms with Crippen molar-refractivity contribution >= 4 is 17.5 Å². The number of aryl methyl sites for hydroxylation is 1. The first-order valence-electron chi connectivity index (χ1n) is 7.69. The predicted molar refractivity (Wildman–Crippen MR) is 85.6 cm³/mol. The highest BCUT2D eigenvalue weighted by Gasteiger charge is 2.20. The summed E-state index contributed by atoms with van der Waals surface area (Å²) in [6, 6.07) is 7.34. The molecule has 2 heterocycles. The van der Waals surface area contributed by atoms with Crippen molar-refractivity contribution in [2.24, 2.45) is 0 Å². The van der Waals surface area contributed by atoms with Crippen LogP contribution in [0.2, 0.25) is 0 Å². The highest BCUT2D eigenvalue weighted by Crippen LogP contribution is 2.19. The summed E-state index contributed by atoms with van der Waals surface area (Å²) >= 11 is 0. The van der Waals surface area contributed by atoms with Gasteiger partial charge in [-0.2, -0.15) is 5.10 Å². The maximum atomic E-state index is 12.1. The van der Waals surface area contributed by atoms with E-state index in [1.165, 1.54) is 0 Å². The van der Waals surface area contributed by atoms with Gasteiger partial charge in [0.15, 0.2) is 5.82 Å². The second-order valence-corrected chi connectivity index (χ2v) is 5.65. The Balaban J connectivity index is 1.65. The Kier molecular flexibility index (Phi) is 4.36. The number of hydrogen-bond donors (Lipinski definition) is 2. The lowest BCUT2D eigenvalue weighted by atomic mass is 10.1. The van der Waals surface area contributed by atoms with Gasteiger partial charge in [0, 0.05) is 24.2 Å². The molecule has 0 atom stereocenters. The summed E-state index contributed by atoms with van der Waals surface area (Å²) in [7, 11) is 0. The molecule has 7 nitrogen and oxygen atoms in total. The molecule has 0 saturated carbocycles. The summed E-state index contributed by atoms with van der Waals surface area (Å²) in [5.74, 6) is 1.18. The van der Waals surface area contributed by atoms with E-state index in [1.54, 1.807) is 11.0 Å². The molecule has 2 N–H and O–H groups in total. The number of nitrogens with zero attached hydrogens (tertiary/aromatic N) is 3. The fourth-order valence-corrected chi connectivity index (χ4v) is 2.61. The van der Waals surface area contributed by atoms with Gasteiger partial charge in [-0.05, 0) is 31.9 Å². The molecule has 2 aromatic rings. The topological polar surface area (TPSA) is 91.0 Å². The standard InChI is InChI=1S/C16H19N5O2/c1-11-17-16(20-19-11)12-5-4-6-13(9-12)18-14(22)10-21-8-3-2-7-15(21)23/h4-6,9H,2-3,7-8,10H2,1H3,(H,18,22)(H,17,19,20). The minimum atomic E-state index is -0.191. The third kappa shape index (κ3) is 3.74. The third-order valence-electron chi connectivity index (χ3n) is 3.76. The van der Waals surface area contributed by atoms with Crippen LogP contribution in [-0.2, 0) is 9.59 Å². The zero-order chi connectivity index (χ0) is 16.2. The first kappa shape index (κ1) is 15.2. The van der Waals surface area contributed by atoms with Crippen molar-refractivity contribution in [1.29, 1.82) is 0 Å². The number of hydrogen-bond acceptors (Lipinski definition) is 4. The summed E-state index contributed by atoms with van der Waals surface area (Å²) in [5, 5.41) is 9.73. The molecule has 1 aliphatic heterocycles. The normalized spacial score (nSPS) is 14.8. The third-order valence-corrected chi connectivity index (χ3v) is 3.76. The molecule has 0 bridgehead atoms. The summed E-state index contributed by atoms with van der Waals surface area (Å²) in [4.78, 5) is 29.8. The Morgan fingerprint density at radius 2 is 2.26 bits per heavy atom. The van der Waals surface area contributed by atoms with E-state index in [-0.39, 0.29) is 18.4 Å². The fraction of sp³-hybridized carbons (Fsp3) is 0.375. The minimum Gasteiger partial charge on any atom is -0.333 e. The van der Waals surface area contributed by atoms with E-state index >= 15 is 0 Å². The molecule has 23 heavy (non-hydrogen) atoms. The van der Waals surface area contributed by atoms with Crippen LogP contribution in [0.25, 0.3) is 11.4 Å². The van der Waals surface area contributed by atoms with Crippen molar-refractivity contribution < 1.29 is 9.59 Å². The lowest BCUT2D eigenvalue weighted by molar-refractivity contribution is -0.136. The number of amides is 2. The molecule has 0 aliphatic carbocycles. The van der Waals surface area contributed by atoms with Crippen LogP contribution in [0, 0.1) is 6.92 Å². The Bertz CT molecular complexity index is 725. The lowest BCUT2D eigenvalue weighted by Crippen LogP contribution is -2.40. The maximum absolute atomic E-state index is 12.1. The Labute approximate surface area is 134 Å². The SMILES string of the molecule is Cc1nc(-c2cccc(NC(=O)CN3CCCCC3=O)c2)n[nH]1. The largest absolute Gasteiger partial charge is 0.333 e. The van der Waals surface area contributed by atoms with Crippen molar-refractivity contribution in [2.75, 3.05) is 18.4 Å². The van der Waals surface area contributed by atoms with Crippen LogP contribution in [-0.4, -0.2) is 45.0 Å². The molecule has 0 unspecified atom stereocenters. The average Bonchev–Trinajstić information content (AvgIpc) is 2.96. The number of carbonyl (C=O) groups excluding carboxylic acids is 2. The molecule has 0 spiro atoms. The molecule has 3 rings (SSSR count). The number of carbonyl (C=O) groups is 2. The smallest absolute Gasteiger partial charge is 0.243 e. The van der Waals surface area contributed by atoms with Gasteiger partial charge >= 0.3 is 0 Å². The molecule has 1 aliphatic rings. The van der Waals surface area contributed by atoms with Gasteiger partial charge in [0.2, 0.25) is 11.8 Å². The number of H-pyrrole nitrogens is 1. The highest BCUT2D eigenvalue weighted by molar-refractivity contribution is 5.95. The molecule has 1 fully saturated rings. The zero-order valence-electron chi connectivity index (χ0n) is 13.0. The monoisotopic (exact) mass is 313 g/mol. The van der Waals surface area contributed by atoms with E-state index in [2.05, 4.69) is 20.5 Å². The minimum absolute atomic E-state index is 0.0522. The van der Waals surface area contributed by atoms with Crippen molar-refractivity contribution in [3.05, 3.63) is 30.1 Å². The van der Waals surface area contributed by atoms with E-state index < -0.39 is 0 Å². The maximum Gasteiger partial charge on any atom is 0.243 e. The van der Waals surface area contributed by atoms with Crippen LogP contribution in [0.5, 0.6) is 0 Å². The van der Waals surface area contributed by atoms with Gasteiger partial charge in [-0.3, -0.25) is 14.7 Å². The van der Waals surface area contributed by atoms with Gasteiger partial charge in [-0.25, -0.2) is 4.98 Å². The van der Waals surface area contributed by atoms with Crippen LogP contribution in [0.15, 0.2) is 24.3 Å². The van der Waals surface area contributed by atoms with Crippen LogP contribution in [0.1, 0.15) is 25.1 Å². The van der Waals surface area contributed by atoms with Gasteiger partial charge in [0.1, 0.15) is 5.82 Å². The van der Waals surface area contributed by atoms with E-state index in [0.717, 1.165) is 24.2 Å². The first-order valence-corrected chi connectivity index (χ1v) is 7.69. The number of nitrogens with one attached hydrogen (secondary N) is 2. The van der Waals surface area contributed by atoms with Gasteiger partial charge in [0.25, 0.3) is 0 Å². The number of aromatic nitrogens is 3. The van der Waals surface area contributed by atoms with Gasteiger partial charge in [0.05, 0.1) is 6.54 Å². The molecule has 7 heteroatoms. The lowest BCUT2D eigenvalue weighted by Gasteiger charge is -2.25. The van der Waals surface area contributed by atoms with Crippen LogP contribution in [0.4, 0.5) is 5.69 Å². The second kappa shape index (κ2) is 6.60. The molecule has 0 radical (unpaired) electrons. The van der Waals surface area contributed by atoms with E-state index in [9.17, 15) is 9.59 Å². The van der Waals surface area contributed by atoms with E-state index in [1.807, 2.05) is 25.1 Å². The second-order valence-electron chi connectivity index (χ2n) is 5.65. The van der Waals surface area contributed by atoms with Crippen molar-refractivity contribution in [3.63, 3.8) is 0 Å². The molecular formula is C16H19N5O2. The Morgan fingerprint density at radius 3 is 3.00 bits per heavy atom. The summed E-state index contributed by atoms with van der Waals surface area (Å²) in [6.45, 7) is 2.59. The van der Waals surface area contributed by atoms with Gasteiger partial charge in [-0.1, -0.05) is 12.1 Å². The predicted octanol–water partition coefficient (Wildman–Crippen LogP) is 1.73. The summed E-state index contributed by atoms with van der Waals surface area (Å²) in [6.07, 6.45) is 2.40. The zero-order valence-corrected chi connectivity index (χ0v) is 13.0. The fourth-order valence-electron chi connectivity index (χ4n) is 2.61. The highest BCUT2D eigenvalue weighted by atomic mass is 16.2. The van der Waals surface area contributed by atoms with Crippen LogP contribution >= 0.6 is 0 Å². The van der Waals surface area contributed by atoms with Gasteiger partial charge in [-0.15, -0.1) is 0 Å². The molecule has 2 amide bonds. The number of rotatable bonds is 4. The number of piperidine rings is 1. The molecule has 1 aromatic carbocycles. The van der Waals surface area contributed by atoms with Crippen molar-refractivity contribution in [2.45, 2.75) is 26.2 Å². The first-order chi connectivity index (χ1) is 11.1. The Morgan fingerprint density at radius 1 is 1.39 bits per heavy atom. The Hall–Kier alpha value is -2.70. The molecule has 120 valence electrons. The van der Waals surface area contributed by atoms with Crippen LogP contribution < -0.4 is 5.32 Å². The number of aromatic amines is 1. The number of anilines is 1.